The second-order valence-corrected chi connectivity index (χ2v) is 13.2. The number of halogens is 7. The Kier molecular flexibility index (Phi) is 8.89. The van der Waals surface area contributed by atoms with Crippen LogP contribution in [-0.4, -0.2) is 21.8 Å². The minimum Gasteiger partial charge on any atom is -0.352 e. The molecular formula is C28H35F6IN2O2. The van der Waals surface area contributed by atoms with Gasteiger partial charge in [-0.25, -0.2) is 0 Å². The van der Waals surface area contributed by atoms with E-state index in [1.54, 1.807) is 0 Å². The van der Waals surface area contributed by atoms with E-state index in [2.05, 4.69) is 33.2 Å². The molecule has 0 unspecified atom stereocenters. The molecule has 1 aromatic rings. The highest BCUT2D eigenvalue weighted by atomic mass is 127. The van der Waals surface area contributed by atoms with Gasteiger partial charge < -0.3 is 10.6 Å². The van der Waals surface area contributed by atoms with E-state index in [0.717, 1.165) is 51.4 Å². The van der Waals surface area contributed by atoms with Gasteiger partial charge in [0.2, 0.25) is 11.8 Å². The summed E-state index contributed by atoms with van der Waals surface area (Å²) < 4.78 is 80.3. The highest BCUT2D eigenvalue weighted by molar-refractivity contribution is 14.1. The molecule has 3 saturated carbocycles. The molecule has 0 radical (unpaired) electrons. The smallest absolute Gasteiger partial charge is 0.352 e. The predicted molar refractivity (Wildman–Crippen MR) is 144 cm³/mol. The molecule has 3 aliphatic carbocycles. The van der Waals surface area contributed by atoms with Gasteiger partial charge in [0.15, 0.2) is 0 Å². The summed E-state index contributed by atoms with van der Waals surface area (Å²) in [5.41, 5.74) is -3.82. The second-order valence-electron chi connectivity index (χ2n) is 11.7. The van der Waals surface area contributed by atoms with Crippen LogP contribution in [0.1, 0.15) is 82.8 Å². The number of amides is 2. The summed E-state index contributed by atoms with van der Waals surface area (Å²) in [5, 5.41) is 5.45. The molecule has 3 aliphatic rings. The van der Waals surface area contributed by atoms with E-state index in [-0.39, 0.29) is 21.8 Å². The lowest BCUT2D eigenvalue weighted by atomic mass is 9.54. The van der Waals surface area contributed by atoms with E-state index in [9.17, 15) is 35.9 Å². The Balaban J connectivity index is 1.46. The van der Waals surface area contributed by atoms with Crippen LogP contribution in [0.5, 0.6) is 0 Å². The summed E-state index contributed by atoms with van der Waals surface area (Å²) in [7, 11) is 0. The number of anilines is 1. The largest absolute Gasteiger partial charge is 0.418 e. The molecule has 0 bridgehead atoms. The zero-order valence-electron chi connectivity index (χ0n) is 22.0. The molecule has 0 aliphatic heterocycles. The fourth-order valence-electron chi connectivity index (χ4n) is 7.50. The van der Waals surface area contributed by atoms with Crippen LogP contribution in [-0.2, 0) is 21.9 Å². The topological polar surface area (TPSA) is 58.2 Å². The standard InChI is InChI=1S/C28H35F6IN2O2/c1-3-4-22(35)25(39)36-17-6-7-18-15(13-17)11-12-26(2)19(18)9-10-21(26)24(38)37-23-14-16(27(29,30)31)5-8-20(23)28(32,33)34/h5,8,14-15,17-19,21-22H,3-4,6-7,9-13H2,1-2H3,(H,36,39)(H,37,38)/t15-,17-,18-,19+,21-,22-,26+/m1/s1. The zero-order valence-corrected chi connectivity index (χ0v) is 24.2. The summed E-state index contributed by atoms with van der Waals surface area (Å²) in [6, 6.07) is 1.26. The lowest BCUT2D eigenvalue weighted by Crippen LogP contribution is -2.50. The van der Waals surface area contributed by atoms with E-state index >= 15 is 0 Å². The maximum atomic E-state index is 13.6. The summed E-state index contributed by atoms with van der Waals surface area (Å²) in [4.78, 5) is 25.9. The molecule has 2 N–H and O–H groups in total. The first kappa shape index (κ1) is 30.4. The molecule has 218 valence electrons. The van der Waals surface area contributed by atoms with E-state index < -0.39 is 46.4 Å². The molecule has 3 fully saturated rings. The average molecular weight is 672 g/mol. The van der Waals surface area contributed by atoms with Crippen LogP contribution in [0, 0.1) is 29.1 Å². The van der Waals surface area contributed by atoms with Gasteiger partial charge in [0, 0.05) is 12.0 Å². The number of alkyl halides is 7. The molecule has 4 rings (SSSR count). The van der Waals surface area contributed by atoms with Crippen molar-refractivity contribution < 1.29 is 35.9 Å². The third-order valence-electron chi connectivity index (χ3n) is 9.42. The average Bonchev–Trinajstić information content (AvgIpc) is 3.20. The van der Waals surface area contributed by atoms with Gasteiger partial charge in [0.25, 0.3) is 0 Å². The van der Waals surface area contributed by atoms with Gasteiger partial charge in [-0.05, 0) is 92.7 Å². The van der Waals surface area contributed by atoms with Gasteiger partial charge in [-0.2, -0.15) is 26.3 Å². The van der Waals surface area contributed by atoms with Crippen LogP contribution in [0.3, 0.4) is 0 Å². The second kappa shape index (κ2) is 11.4. The summed E-state index contributed by atoms with van der Waals surface area (Å²) in [6.07, 6.45) is -2.50. The van der Waals surface area contributed by atoms with Crippen molar-refractivity contribution in [3.63, 3.8) is 0 Å². The van der Waals surface area contributed by atoms with Gasteiger partial charge in [-0.3, -0.25) is 9.59 Å². The number of carbonyl (C=O) groups excluding carboxylic acids is 2. The van der Waals surface area contributed by atoms with E-state index in [0.29, 0.717) is 36.5 Å². The minimum atomic E-state index is -4.91. The highest BCUT2D eigenvalue weighted by Crippen LogP contribution is 2.61. The molecule has 4 nitrogen and oxygen atoms in total. The van der Waals surface area contributed by atoms with Crippen LogP contribution >= 0.6 is 22.6 Å². The molecule has 11 heteroatoms. The first-order chi connectivity index (χ1) is 18.1. The SMILES string of the molecule is CCC[C@@H](I)C(=O)N[C@@H]1CC[C@@H]2[C@H](CC[C@]3(C)[C@@H](C(=O)Nc4cc(C(F)(F)F)ccc4C(F)(F)F)CC[C@@H]23)C1. The van der Waals surface area contributed by atoms with Gasteiger partial charge in [-0.15, -0.1) is 0 Å². The maximum absolute atomic E-state index is 13.6. The molecule has 1 aromatic carbocycles. The third kappa shape index (κ3) is 6.37. The quantitative estimate of drug-likeness (QED) is 0.183. The van der Waals surface area contributed by atoms with Gasteiger partial charge >= 0.3 is 12.4 Å². The molecule has 0 saturated heterocycles. The normalized spacial score (nSPS) is 31.7. The highest BCUT2D eigenvalue weighted by Gasteiger charge is 2.56. The van der Waals surface area contributed by atoms with E-state index in [4.69, 9.17) is 0 Å². The summed E-state index contributed by atoms with van der Waals surface area (Å²) >= 11 is 2.18. The Hall–Kier alpha value is -1.53. The van der Waals surface area contributed by atoms with Crippen molar-refractivity contribution in [3.8, 4) is 0 Å². The Bertz CT molecular complexity index is 1080. The predicted octanol–water partition coefficient (Wildman–Crippen LogP) is 7.99. The van der Waals surface area contributed by atoms with Crippen LogP contribution in [0.25, 0.3) is 0 Å². The fraction of sp³-hybridized carbons (Fsp3) is 0.714. The number of rotatable bonds is 6. The molecular weight excluding hydrogens is 637 g/mol. The first-order valence-electron chi connectivity index (χ1n) is 13.7. The van der Waals surface area contributed by atoms with Crippen molar-refractivity contribution in [2.24, 2.45) is 29.1 Å². The van der Waals surface area contributed by atoms with Crippen molar-refractivity contribution >= 4 is 40.1 Å². The van der Waals surface area contributed by atoms with Crippen LogP contribution in [0.4, 0.5) is 32.0 Å². The number of nitrogens with one attached hydrogen (secondary N) is 2. The number of hydrogen-bond acceptors (Lipinski definition) is 2. The molecule has 0 aromatic heterocycles. The van der Waals surface area contributed by atoms with Crippen molar-refractivity contribution in [2.45, 2.75) is 94.0 Å². The Morgan fingerprint density at radius 2 is 1.77 bits per heavy atom. The van der Waals surface area contributed by atoms with Crippen molar-refractivity contribution in [3.05, 3.63) is 29.3 Å². The summed E-state index contributed by atoms with van der Waals surface area (Å²) in [6.45, 7) is 4.06. The molecule has 7 atom stereocenters. The molecule has 0 heterocycles. The summed E-state index contributed by atoms with van der Waals surface area (Å²) in [5.74, 6) is -0.168. The third-order valence-corrected chi connectivity index (χ3v) is 10.6. The number of hydrogen-bond donors (Lipinski definition) is 2. The van der Waals surface area contributed by atoms with E-state index in [1.165, 1.54) is 0 Å². The number of fused-ring (bicyclic) bond motifs is 3. The molecule has 0 spiro atoms. The lowest BCUT2D eigenvalue weighted by Gasteiger charge is -2.51. The Morgan fingerprint density at radius 1 is 1.05 bits per heavy atom. The monoisotopic (exact) mass is 672 g/mol. The van der Waals surface area contributed by atoms with Crippen molar-refractivity contribution in [1.82, 2.24) is 5.32 Å². The lowest BCUT2D eigenvalue weighted by molar-refractivity contribution is -0.141. The molecule has 2 amide bonds. The van der Waals surface area contributed by atoms with Crippen molar-refractivity contribution in [2.75, 3.05) is 5.32 Å². The van der Waals surface area contributed by atoms with Crippen LogP contribution in [0.2, 0.25) is 0 Å². The van der Waals surface area contributed by atoms with Gasteiger partial charge in [0.1, 0.15) is 0 Å². The first-order valence-corrected chi connectivity index (χ1v) is 14.9. The maximum Gasteiger partial charge on any atom is 0.418 e. The van der Waals surface area contributed by atoms with Crippen LogP contribution in [0.15, 0.2) is 18.2 Å². The minimum absolute atomic E-state index is 0.0521. The zero-order chi connectivity index (χ0) is 28.8. The van der Waals surface area contributed by atoms with E-state index in [1.807, 2.05) is 13.8 Å². The Labute approximate surface area is 238 Å². The van der Waals surface area contributed by atoms with Crippen molar-refractivity contribution in [1.29, 1.82) is 0 Å². The van der Waals surface area contributed by atoms with Gasteiger partial charge in [0.05, 0.1) is 20.7 Å². The van der Waals surface area contributed by atoms with Crippen LogP contribution < -0.4 is 10.6 Å². The fourth-order valence-corrected chi connectivity index (χ4v) is 8.30. The number of benzene rings is 1. The van der Waals surface area contributed by atoms with Gasteiger partial charge in [-0.1, -0.05) is 42.9 Å². The molecule has 39 heavy (non-hydrogen) atoms. The Morgan fingerprint density at radius 3 is 2.41 bits per heavy atom. The number of carbonyl (C=O) groups is 2.